The summed E-state index contributed by atoms with van der Waals surface area (Å²) in [6.45, 7) is 0. The molecule has 0 fully saturated rings. The van der Waals surface area contributed by atoms with E-state index in [1.54, 1.807) is 23.9 Å². The lowest BCUT2D eigenvalue weighted by molar-refractivity contribution is 0.464. The summed E-state index contributed by atoms with van der Waals surface area (Å²) in [5, 5.41) is 5.38. The van der Waals surface area contributed by atoms with E-state index in [-0.39, 0.29) is 15.8 Å². The van der Waals surface area contributed by atoms with Crippen LogP contribution >= 0.6 is 11.8 Å². The van der Waals surface area contributed by atoms with Crippen LogP contribution in [0.15, 0.2) is 199 Å². The standard InChI is InChI=1S/C24H19S2.C16H10O3S/c1-4-10-20(11-5-1)25-21-16-18-24(19-17-21)26(22-12-6-2-7-13-22)23-14-8-3-9-15-23;17-20(18,19)14-9-7-12-5-4-10-2-1-3-11-6-8-13(14)16(12)15(10)11/h1-19H;1-9H,(H,17,18,19)/q+1;/p-1. The molecule has 224 valence electrons. The van der Waals surface area contributed by atoms with Gasteiger partial charge in [0.2, 0.25) is 0 Å². The third-order valence-corrected chi connectivity index (χ3v) is 11.9. The third-order valence-electron chi connectivity index (χ3n) is 7.75. The predicted octanol–water partition coefficient (Wildman–Crippen LogP) is 10.4. The second kappa shape index (κ2) is 13.0. The van der Waals surface area contributed by atoms with Crippen LogP contribution in [-0.2, 0) is 21.0 Å². The van der Waals surface area contributed by atoms with Gasteiger partial charge >= 0.3 is 0 Å². The Labute approximate surface area is 276 Å². The highest BCUT2D eigenvalue weighted by Crippen LogP contribution is 2.37. The molecule has 0 aliphatic carbocycles. The van der Waals surface area contributed by atoms with E-state index in [4.69, 9.17) is 0 Å². The largest absolute Gasteiger partial charge is 0.744 e. The van der Waals surface area contributed by atoms with Gasteiger partial charge < -0.3 is 4.55 Å². The first kappa shape index (κ1) is 30.1. The average molecular weight is 653 g/mol. The quantitative estimate of drug-likeness (QED) is 0.102. The van der Waals surface area contributed by atoms with Crippen LogP contribution in [0.25, 0.3) is 32.3 Å². The Morgan fingerprint density at radius 3 is 1.46 bits per heavy atom. The summed E-state index contributed by atoms with van der Waals surface area (Å²) in [5.41, 5.74) is 0. The summed E-state index contributed by atoms with van der Waals surface area (Å²) in [6.07, 6.45) is 0. The number of hydrogen-bond acceptors (Lipinski definition) is 4. The fraction of sp³-hybridized carbons (Fsp3) is 0. The highest BCUT2D eigenvalue weighted by atomic mass is 32.2. The van der Waals surface area contributed by atoms with Crippen LogP contribution in [0.1, 0.15) is 0 Å². The summed E-state index contributed by atoms with van der Waals surface area (Å²) in [4.78, 5) is 6.43. The molecule has 0 saturated carbocycles. The molecule has 0 aromatic heterocycles. The Hall–Kier alpha value is -4.59. The first-order chi connectivity index (χ1) is 22.5. The van der Waals surface area contributed by atoms with Crippen LogP contribution in [0, 0.1) is 0 Å². The first-order valence-electron chi connectivity index (χ1n) is 14.8. The van der Waals surface area contributed by atoms with Crippen LogP contribution in [0.4, 0.5) is 0 Å². The van der Waals surface area contributed by atoms with Crippen molar-refractivity contribution in [1.82, 2.24) is 0 Å². The van der Waals surface area contributed by atoms with E-state index in [0.717, 1.165) is 26.9 Å². The second-order valence-electron chi connectivity index (χ2n) is 10.7. The van der Waals surface area contributed by atoms with E-state index in [9.17, 15) is 13.0 Å². The van der Waals surface area contributed by atoms with Gasteiger partial charge in [-0.1, -0.05) is 115 Å². The molecule has 0 aliphatic heterocycles. The van der Waals surface area contributed by atoms with Gasteiger partial charge in [0.15, 0.2) is 14.7 Å². The molecule has 6 heteroatoms. The lowest BCUT2D eigenvalue weighted by Crippen LogP contribution is -2.04. The van der Waals surface area contributed by atoms with E-state index in [0.29, 0.717) is 5.39 Å². The van der Waals surface area contributed by atoms with E-state index in [2.05, 4.69) is 115 Å². The van der Waals surface area contributed by atoms with Gasteiger partial charge in [-0.25, -0.2) is 8.42 Å². The Bertz CT molecular complexity index is 2290. The smallest absolute Gasteiger partial charge is 0.166 e. The lowest BCUT2D eigenvalue weighted by Gasteiger charge is -2.15. The molecular weight excluding hydrogens is 625 g/mol. The van der Waals surface area contributed by atoms with Crippen LogP contribution in [0.5, 0.6) is 0 Å². The minimum absolute atomic E-state index is 0.0786. The van der Waals surface area contributed by atoms with Crippen LogP contribution in [0.2, 0.25) is 0 Å². The summed E-state index contributed by atoms with van der Waals surface area (Å²) in [7, 11) is -4.56. The van der Waals surface area contributed by atoms with Gasteiger partial charge in [0.05, 0.1) is 15.8 Å². The maximum atomic E-state index is 11.4. The van der Waals surface area contributed by atoms with Gasteiger partial charge in [0.25, 0.3) is 0 Å². The molecule has 0 saturated heterocycles. The SMILES string of the molecule is O=S(=O)([O-])c1ccc2ccc3cccc4ccc1c2c34.c1ccc(Sc2ccc([S+](c3ccccc3)c3ccccc3)cc2)cc1. The van der Waals surface area contributed by atoms with Crippen LogP contribution in [0.3, 0.4) is 0 Å². The van der Waals surface area contributed by atoms with Crippen molar-refractivity contribution >= 4 is 65.1 Å². The number of rotatable bonds is 6. The van der Waals surface area contributed by atoms with Crippen molar-refractivity contribution in [2.45, 2.75) is 29.4 Å². The minimum Gasteiger partial charge on any atom is -0.744 e. The highest BCUT2D eigenvalue weighted by Gasteiger charge is 2.28. The molecule has 0 heterocycles. The van der Waals surface area contributed by atoms with Crippen LogP contribution < -0.4 is 0 Å². The van der Waals surface area contributed by atoms with Gasteiger partial charge in [-0.2, -0.15) is 0 Å². The van der Waals surface area contributed by atoms with E-state index in [1.807, 2.05) is 36.4 Å². The molecule has 0 atom stereocenters. The zero-order chi connectivity index (χ0) is 31.5. The Morgan fingerprint density at radius 1 is 0.435 bits per heavy atom. The highest BCUT2D eigenvalue weighted by molar-refractivity contribution is 7.99. The van der Waals surface area contributed by atoms with Crippen molar-refractivity contribution in [2.75, 3.05) is 0 Å². The fourth-order valence-electron chi connectivity index (χ4n) is 5.72. The summed E-state index contributed by atoms with van der Waals surface area (Å²) in [6, 6.07) is 57.6. The number of hydrogen-bond donors (Lipinski definition) is 0. The van der Waals surface area contributed by atoms with E-state index < -0.39 is 10.1 Å². The first-order valence-corrected chi connectivity index (χ1v) is 18.2. The van der Waals surface area contributed by atoms with Crippen LogP contribution in [-0.4, -0.2) is 13.0 Å². The van der Waals surface area contributed by atoms with E-state index in [1.165, 1.54) is 30.5 Å². The number of benzene rings is 8. The van der Waals surface area contributed by atoms with Gasteiger partial charge in [-0.3, -0.25) is 0 Å². The van der Waals surface area contributed by atoms with Crippen molar-refractivity contribution in [3.63, 3.8) is 0 Å². The molecule has 8 rings (SSSR count). The predicted molar refractivity (Wildman–Crippen MR) is 190 cm³/mol. The van der Waals surface area contributed by atoms with Gasteiger partial charge in [0, 0.05) is 15.2 Å². The van der Waals surface area contributed by atoms with Gasteiger partial charge in [0.1, 0.15) is 10.1 Å². The Morgan fingerprint density at radius 2 is 0.891 bits per heavy atom. The molecule has 0 bridgehead atoms. The third kappa shape index (κ3) is 6.26. The molecule has 8 aromatic carbocycles. The van der Waals surface area contributed by atoms with Crippen molar-refractivity contribution < 1.29 is 13.0 Å². The zero-order valence-electron chi connectivity index (χ0n) is 24.6. The monoisotopic (exact) mass is 652 g/mol. The maximum Gasteiger partial charge on any atom is 0.166 e. The summed E-state index contributed by atoms with van der Waals surface area (Å²) >= 11 is 1.80. The van der Waals surface area contributed by atoms with Crippen molar-refractivity contribution in [3.8, 4) is 0 Å². The van der Waals surface area contributed by atoms with Crippen molar-refractivity contribution in [2.24, 2.45) is 0 Å². The molecule has 3 nitrogen and oxygen atoms in total. The van der Waals surface area contributed by atoms with Gasteiger partial charge in [-0.15, -0.1) is 0 Å². The molecule has 8 aromatic rings. The molecule has 0 spiro atoms. The maximum absolute atomic E-state index is 11.4. The Kier molecular flexibility index (Phi) is 8.52. The normalized spacial score (nSPS) is 11.6. The molecule has 0 aliphatic rings. The van der Waals surface area contributed by atoms with Gasteiger partial charge in [-0.05, 0) is 93.7 Å². The molecular formula is C40H28O3S3. The van der Waals surface area contributed by atoms with Crippen molar-refractivity contribution in [1.29, 1.82) is 0 Å². The van der Waals surface area contributed by atoms with E-state index >= 15 is 0 Å². The summed E-state index contributed by atoms with van der Waals surface area (Å²) < 4.78 is 34.3. The molecule has 0 unspecified atom stereocenters. The molecule has 46 heavy (non-hydrogen) atoms. The molecule has 0 N–H and O–H groups in total. The average Bonchev–Trinajstić information content (AvgIpc) is 3.09. The molecule has 0 radical (unpaired) electrons. The fourth-order valence-corrected chi connectivity index (χ4v) is 9.31. The zero-order valence-corrected chi connectivity index (χ0v) is 27.1. The second-order valence-corrected chi connectivity index (χ2v) is 15.2. The molecule has 0 amide bonds. The lowest BCUT2D eigenvalue weighted by atomic mass is 9.94. The van der Waals surface area contributed by atoms with Crippen molar-refractivity contribution in [3.05, 3.63) is 170 Å². The summed E-state index contributed by atoms with van der Waals surface area (Å²) in [5.74, 6) is 0. The minimum atomic E-state index is -4.48. The Balaban J connectivity index is 0.000000152. The topological polar surface area (TPSA) is 57.2 Å².